The molecular formula is C19H28N2O6. The molecule has 1 aromatic heterocycles. The number of rotatable bonds is 8. The minimum Gasteiger partial charge on any atom is -0.394 e. The number of aliphatic hydroxyl groups is 3. The Balaban J connectivity index is 2.06. The van der Waals surface area contributed by atoms with Crippen molar-refractivity contribution in [3.05, 3.63) is 32.6 Å². The molecular weight excluding hydrogens is 352 g/mol. The van der Waals surface area contributed by atoms with Crippen LogP contribution in [-0.2, 0) is 4.74 Å². The molecule has 150 valence electrons. The van der Waals surface area contributed by atoms with Gasteiger partial charge in [0.25, 0.3) is 5.56 Å². The third kappa shape index (κ3) is 5.53. The van der Waals surface area contributed by atoms with Gasteiger partial charge < -0.3 is 20.1 Å². The van der Waals surface area contributed by atoms with Gasteiger partial charge in [-0.05, 0) is 6.42 Å². The van der Waals surface area contributed by atoms with Crippen molar-refractivity contribution in [2.75, 3.05) is 6.61 Å². The summed E-state index contributed by atoms with van der Waals surface area (Å²) >= 11 is 0. The van der Waals surface area contributed by atoms with Crippen molar-refractivity contribution in [1.82, 2.24) is 9.55 Å². The molecule has 8 heteroatoms. The first-order chi connectivity index (χ1) is 13.0. The van der Waals surface area contributed by atoms with Gasteiger partial charge >= 0.3 is 5.69 Å². The first kappa shape index (κ1) is 21.4. The van der Waals surface area contributed by atoms with Gasteiger partial charge in [0.05, 0.1) is 6.61 Å². The van der Waals surface area contributed by atoms with Crippen LogP contribution in [0, 0.1) is 11.8 Å². The molecule has 27 heavy (non-hydrogen) atoms. The van der Waals surface area contributed by atoms with Gasteiger partial charge in [-0.15, -0.1) is 0 Å². The predicted molar refractivity (Wildman–Crippen MR) is 99.2 cm³/mol. The highest BCUT2D eigenvalue weighted by atomic mass is 16.6. The quantitative estimate of drug-likeness (QED) is 0.378. The van der Waals surface area contributed by atoms with Crippen LogP contribution in [0.4, 0.5) is 0 Å². The molecule has 2 heterocycles. The maximum atomic E-state index is 12.1. The van der Waals surface area contributed by atoms with E-state index in [1.54, 1.807) is 0 Å². The zero-order valence-electron chi connectivity index (χ0n) is 15.6. The Kier molecular flexibility index (Phi) is 8.25. The second-order valence-corrected chi connectivity index (χ2v) is 6.76. The zero-order chi connectivity index (χ0) is 19.8. The molecule has 2 rings (SSSR count). The van der Waals surface area contributed by atoms with Crippen LogP contribution in [0.15, 0.2) is 15.8 Å². The molecule has 1 aliphatic heterocycles. The Hall–Kier alpha value is -1.92. The van der Waals surface area contributed by atoms with Gasteiger partial charge in [0.15, 0.2) is 6.23 Å². The lowest BCUT2D eigenvalue weighted by atomic mass is 10.1. The van der Waals surface area contributed by atoms with E-state index in [4.69, 9.17) is 9.84 Å². The number of nitrogens with one attached hydrogen (secondary N) is 1. The van der Waals surface area contributed by atoms with E-state index in [1.165, 1.54) is 31.9 Å². The molecule has 1 aliphatic rings. The Bertz CT molecular complexity index is 775. The summed E-state index contributed by atoms with van der Waals surface area (Å²) in [6.45, 7) is 1.67. The summed E-state index contributed by atoms with van der Waals surface area (Å²) in [5, 5.41) is 29.0. The number of hydrogen-bond donors (Lipinski definition) is 4. The van der Waals surface area contributed by atoms with Gasteiger partial charge in [0.1, 0.15) is 23.9 Å². The standard InChI is InChI=1S/C19H28N2O6/c1-2-3-4-5-6-7-8-9-10-13-11-21(19(26)20-17(13)25)18-16(24)15(23)14(12-22)27-18/h11,14-16,18,22-24H,2-8,12H2,1H3,(H,20,25,26)/t14-,15-,16+,18-/m1/s1. The lowest BCUT2D eigenvalue weighted by molar-refractivity contribution is -0.0550. The lowest BCUT2D eigenvalue weighted by Crippen LogP contribution is -2.38. The van der Waals surface area contributed by atoms with Crippen molar-refractivity contribution < 1.29 is 20.1 Å². The normalized spacial score (nSPS) is 24.6. The van der Waals surface area contributed by atoms with E-state index in [9.17, 15) is 19.8 Å². The molecule has 8 nitrogen and oxygen atoms in total. The molecule has 0 saturated carbocycles. The molecule has 0 amide bonds. The van der Waals surface area contributed by atoms with E-state index in [2.05, 4.69) is 23.7 Å². The fourth-order valence-electron chi connectivity index (χ4n) is 3.02. The predicted octanol–water partition coefficient (Wildman–Crippen LogP) is 0.250. The third-order valence-corrected chi connectivity index (χ3v) is 4.64. The average Bonchev–Trinajstić information content (AvgIpc) is 2.93. The van der Waals surface area contributed by atoms with Crippen molar-refractivity contribution in [3.8, 4) is 11.8 Å². The van der Waals surface area contributed by atoms with Crippen LogP contribution in [-0.4, -0.2) is 49.8 Å². The van der Waals surface area contributed by atoms with Gasteiger partial charge in [0, 0.05) is 12.6 Å². The zero-order valence-corrected chi connectivity index (χ0v) is 15.6. The van der Waals surface area contributed by atoms with Gasteiger partial charge in [-0.3, -0.25) is 14.3 Å². The smallest absolute Gasteiger partial charge is 0.330 e. The van der Waals surface area contributed by atoms with Crippen molar-refractivity contribution in [2.24, 2.45) is 0 Å². The molecule has 0 spiro atoms. The summed E-state index contributed by atoms with van der Waals surface area (Å²) in [5.41, 5.74) is -1.31. The van der Waals surface area contributed by atoms with Crippen molar-refractivity contribution in [2.45, 2.75) is 76.4 Å². The van der Waals surface area contributed by atoms with Gasteiger partial charge in [-0.1, -0.05) is 50.9 Å². The molecule has 0 radical (unpaired) electrons. The largest absolute Gasteiger partial charge is 0.394 e. The van der Waals surface area contributed by atoms with Gasteiger partial charge in [0.2, 0.25) is 0 Å². The number of aromatic amines is 1. The van der Waals surface area contributed by atoms with E-state index in [0.717, 1.165) is 17.4 Å². The molecule has 0 bridgehead atoms. The minimum atomic E-state index is -1.41. The fraction of sp³-hybridized carbons (Fsp3) is 0.684. The topological polar surface area (TPSA) is 125 Å². The Morgan fingerprint density at radius 3 is 2.52 bits per heavy atom. The fourth-order valence-corrected chi connectivity index (χ4v) is 3.02. The highest BCUT2D eigenvalue weighted by molar-refractivity contribution is 5.29. The minimum absolute atomic E-state index is 0.0818. The monoisotopic (exact) mass is 380 g/mol. The van der Waals surface area contributed by atoms with Crippen molar-refractivity contribution in [1.29, 1.82) is 0 Å². The van der Waals surface area contributed by atoms with Crippen molar-refractivity contribution in [3.63, 3.8) is 0 Å². The van der Waals surface area contributed by atoms with E-state index in [-0.39, 0.29) is 5.56 Å². The number of ether oxygens (including phenoxy) is 1. The van der Waals surface area contributed by atoms with E-state index < -0.39 is 42.4 Å². The Morgan fingerprint density at radius 2 is 1.85 bits per heavy atom. The summed E-state index contributed by atoms with van der Waals surface area (Å²) < 4.78 is 6.32. The highest BCUT2D eigenvalue weighted by Gasteiger charge is 2.43. The molecule has 0 aromatic carbocycles. The SMILES string of the molecule is CCCCCCCCC#Cc1cn([C@@H]2O[C@H](CO)[C@@H](O)[C@@H]2O)c(=O)[nH]c1=O. The summed E-state index contributed by atoms with van der Waals surface area (Å²) in [6.07, 6.45) is 3.79. The maximum Gasteiger partial charge on any atom is 0.330 e. The maximum absolute atomic E-state index is 12.1. The number of hydrogen-bond acceptors (Lipinski definition) is 6. The van der Waals surface area contributed by atoms with Crippen LogP contribution in [0.25, 0.3) is 0 Å². The van der Waals surface area contributed by atoms with Gasteiger partial charge in [-0.25, -0.2) is 4.79 Å². The number of aliphatic hydroxyl groups excluding tert-OH is 3. The summed E-state index contributed by atoms with van der Waals surface area (Å²) in [4.78, 5) is 26.1. The van der Waals surface area contributed by atoms with Crippen LogP contribution >= 0.6 is 0 Å². The first-order valence-electron chi connectivity index (χ1n) is 9.46. The number of nitrogens with zero attached hydrogens (tertiary/aromatic N) is 1. The second-order valence-electron chi connectivity index (χ2n) is 6.76. The van der Waals surface area contributed by atoms with Crippen LogP contribution in [0.5, 0.6) is 0 Å². The molecule has 0 aliphatic carbocycles. The number of aromatic nitrogens is 2. The van der Waals surface area contributed by atoms with Crippen LogP contribution in [0.2, 0.25) is 0 Å². The Labute approximate surface area is 157 Å². The molecule has 4 N–H and O–H groups in total. The summed E-state index contributed by atoms with van der Waals surface area (Å²) in [5.74, 6) is 5.69. The van der Waals surface area contributed by atoms with Crippen molar-refractivity contribution >= 4 is 0 Å². The molecule has 1 saturated heterocycles. The number of unbranched alkanes of at least 4 members (excludes halogenated alkanes) is 6. The lowest BCUT2D eigenvalue weighted by Gasteiger charge is -2.17. The second kappa shape index (κ2) is 10.4. The van der Waals surface area contributed by atoms with Crippen LogP contribution < -0.4 is 11.2 Å². The van der Waals surface area contributed by atoms with E-state index in [1.807, 2.05) is 0 Å². The summed E-state index contributed by atoms with van der Waals surface area (Å²) in [7, 11) is 0. The first-order valence-corrected chi connectivity index (χ1v) is 9.46. The average molecular weight is 380 g/mol. The molecule has 0 unspecified atom stereocenters. The molecule has 1 aromatic rings. The highest BCUT2D eigenvalue weighted by Crippen LogP contribution is 2.27. The van der Waals surface area contributed by atoms with Crippen LogP contribution in [0.3, 0.4) is 0 Å². The summed E-state index contributed by atoms with van der Waals surface area (Å²) in [6, 6.07) is 0. The Morgan fingerprint density at radius 1 is 1.15 bits per heavy atom. The molecule has 1 fully saturated rings. The number of H-pyrrole nitrogens is 1. The third-order valence-electron chi connectivity index (χ3n) is 4.64. The van der Waals surface area contributed by atoms with Gasteiger partial charge in [-0.2, -0.15) is 0 Å². The van der Waals surface area contributed by atoms with Crippen LogP contribution in [0.1, 0.15) is 63.7 Å². The van der Waals surface area contributed by atoms with E-state index in [0.29, 0.717) is 6.42 Å². The molecule has 4 atom stereocenters. The van der Waals surface area contributed by atoms with E-state index >= 15 is 0 Å².